The lowest BCUT2D eigenvalue weighted by atomic mass is 10.1. The van der Waals surface area contributed by atoms with Crippen LogP contribution in [0.2, 0.25) is 0 Å². The van der Waals surface area contributed by atoms with E-state index in [-0.39, 0.29) is 18.4 Å². The second-order valence-corrected chi connectivity index (χ2v) is 9.02. The van der Waals surface area contributed by atoms with Crippen LogP contribution in [0.5, 0.6) is 5.75 Å². The molecule has 1 atom stereocenters. The van der Waals surface area contributed by atoms with Crippen molar-refractivity contribution in [3.05, 3.63) is 59.7 Å². The van der Waals surface area contributed by atoms with Gasteiger partial charge >= 0.3 is 0 Å². The molecule has 0 saturated carbocycles. The average molecular weight is 401 g/mol. The zero-order chi connectivity index (χ0) is 18.8. The molecule has 2 aromatic carbocycles. The maximum atomic E-state index is 13.2. The third-order valence-electron chi connectivity index (χ3n) is 4.61. The van der Waals surface area contributed by atoms with Gasteiger partial charge in [-0.15, -0.1) is 23.5 Å². The molecular formula is C20H20N2O3S2. The summed E-state index contributed by atoms with van der Waals surface area (Å²) >= 11 is 3.88. The Morgan fingerprint density at radius 2 is 1.78 bits per heavy atom. The van der Waals surface area contributed by atoms with Gasteiger partial charge in [0.25, 0.3) is 11.8 Å². The largest absolute Gasteiger partial charge is 0.477 e. The van der Waals surface area contributed by atoms with Crippen molar-refractivity contribution in [2.75, 3.05) is 30.0 Å². The molecule has 2 heterocycles. The predicted octanol–water partition coefficient (Wildman–Crippen LogP) is 3.32. The lowest BCUT2D eigenvalue weighted by Crippen LogP contribution is -2.50. The molecule has 2 aromatic rings. The number of rotatable bonds is 3. The normalized spacial score (nSPS) is 19.3. The Bertz CT molecular complexity index is 851. The van der Waals surface area contributed by atoms with Crippen LogP contribution in [-0.4, -0.2) is 43.0 Å². The SMILES string of the molecule is CNC(=O)[C@@H]1CN(C(=O)c2ccc(C3SCCS3)cc2)c2ccccc2O1. The van der Waals surface area contributed by atoms with Gasteiger partial charge in [0.05, 0.1) is 16.8 Å². The van der Waals surface area contributed by atoms with Crippen molar-refractivity contribution >= 4 is 41.0 Å². The summed E-state index contributed by atoms with van der Waals surface area (Å²) in [6.45, 7) is 0.186. The van der Waals surface area contributed by atoms with Gasteiger partial charge in [0.1, 0.15) is 5.75 Å². The zero-order valence-corrected chi connectivity index (χ0v) is 16.5. The number of nitrogens with zero attached hydrogens (tertiary/aromatic N) is 1. The lowest BCUT2D eigenvalue weighted by molar-refractivity contribution is -0.127. The van der Waals surface area contributed by atoms with E-state index in [1.165, 1.54) is 17.1 Å². The van der Waals surface area contributed by atoms with Gasteiger partial charge < -0.3 is 15.0 Å². The molecule has 7 heteroatoms. The van der Waals surface area contributed by atoms with Crippen molar-refractivity contribution in [2.24, 2.45) is 0 Å². The number of likely N-dealkylation sites (N-methyl/N-ethyl adjacent to an activating group) is 1. The van der Waals surface area contributed by atoms with E-state index in [9.17, 15) is 9.59 Å². The summed E-state index contributed by atoms with van der Waals surface area (Å²) in [6.07, 6.45) is -0.723. The van der Waals surface area contributed by atoms with Gasteiger partial charge in [0.15, 0.2) is 6.10 Å². The van der Waals surface area contributed by atoms with Crippen LogP contribution in [0.4, 0.5) is 5.69 Å². The number of para-hydroxylation sites is 2. The van der Waals surface area contributed by atoms with Crippen molar-refractivity contribution < 1.29 is 14.3 Å². The van der Waals surface area contributed by atoms with E-state index in [0.717, 1.165) is 0 Å². The fourth-order valence-corrected chi connectivity index (χ4v) is 6.07. The molecule has 140 valence electrons. The molecule has 0 spiro atoms. The molecule has 0 unspecified atom stereocenters. The first-order valence-electron chi connectivity index (χ1n) is 8.79. The summed E-state index contributed by atoms with van der Waals surface area (Å²) in [5.74, 6) is 2.51. The monoisotopic (exact) mass is 400 g/mol. The van der Waals surface area contributed by atoms with E-state index in [4.69, 9.17) is 4.74 Å². The van der Waals surface area contributed by atoms with Crippen LogP contribution >= 0.6 is 23.5 Å². The molecule has 0 aromatic heterocycles. The summed E-state index contributed by atoms with van der Waals surface area (Å²) < 4.78 is 6.23. The van der Waals surface area contributed by atoms with Crippen LogP contribution in [0.1, 0.15) is 20.5 Å². The quantitative estimate of drug-likeness (QED) is 0.857. The summed E-state index contributed by atoms with van der Waals surface area (Å²) in [5.41, 5.74) is 2.54. The third-order valence-corrected chi connectivity index (χ3v) is 7.71. The lowest BCUT2D eigenvalue weighted by Gasteiger charge is -2.34. The number of nitrogens with one attached hydrogen (secondary N) is 1. The van der Waals surface area contributed by atoms with Crippen LogP contribution < -0.4 is 15.0 Å². The van der Waals surface area contributed by atoms with E-state index in [1.807, 2.05) is 66.0 Å². The minimum atomic E-state index is -0.723. The van der Waals surface area contributed by atoms with E-state index in [0.29, 0.717) is 21.6 Å². The van der Waals surface area contributed by atoms with Crippen molar-refractivity contribution in [3.63, 3.8) is 0 Å². The molecule has 2 amide bonds. The molecule has 1 fully saturated rings. The van der Waals surface area contributed by atoms with E-state index < -0.39 is 6.10 Å². The summed E-state index contributed by atoms with van der Waals surface area (Å²) in [5, 5.41) is 2.60. The fourth-order valence-electron chi connectivity index (χ4n) is 3.21. The van der Waals surface area contributed by atoms with Crippen LogP contribution in [0.15, 0.2) is 48.5 Å². The number of ether oxygens (including phenoxy) is 1. The zero-order valence-electron chi connectivity index (χ0n) is 14.9. The second-order valence-electron chi connectivity index (χ2n) is 6.30. The van der Waals surface area contributed by atoms with Gasteiger partial charge in [-0.25, -0.2) is 0 Å². The first-order chi connectivity index (χ1) is 13.2. The number of hydrogen-bond acceptors (Lipinski definition) is 5. The Balaban J connectivity index is 1.60. The number of benzene rings is 2. The van der Waals surface area contributed by atoms with Gasteiger partial charge in [0, 0.05) is 24.1 Å². The molecular weight excluding hydrogens is 380 g/mol. The number of thioether (sulfide) groups is 2. The van der Waals surface area contributed by atoms with Gasteiger partial charge in [-0.2, -0.15) is 0 Å². The van der Waals surface area contributed by atoms with Crippen molar-refractivity contribution in [3.8, 4) is 5.75 Å². The highest BCUT2D eigenvalue weighted by Gasteiger charge is 2.33. The summed E-state index contributed by atoms with van der Waals surface area (Å²) in [4.78, 5) is 26.9. The van der Waals surface area contributed by atoms with Gasteiger partial charge in [-0.1, -0.05) is 24.3 Å². The molecule has 2 aliphatic heterocycles. The molecule has 5 nitrogen and oxygen atoms in total. The maximum absolute atomic E-state index is 13.2. The molecule has 4 rings (SSSR count). The van der Waals surface area contributed by atoms with Crippen molar-refractivity contribution in [1.29, 1.82) is 0 Å². The Hall–Kier alpha value is -2.12. The van der Waals surface area contributed by atoms with Gasteiger partial charge in [-0.3, -0.25) is 9.59 Å². The molecule has 2 aliphatic rings. The number of carbonyl (C=O) groups excluding carboxylic acids is 2. The third kappa shape index (κ3) is 3.66. The van der Waals surface area contributed by atoms with E-state index >= 15 is 0 Å². The molecule has 1 saturated heterocycles. The van der Waals surface area contributed by atoms with Crippen LogP contribution in [0.25, 0.3) is 0 Å². The first-order valence-corrected chi connectivity index (χ1v) is 10.9. The van der Waals surface area contributed by atoms with Crippen molar-refractivity contribution in [2.45, 2.75) is 10.7 Å². The Labute approximate surface area is 166 Å². The van der Waals surface area contributed by atoms with Gasteiger partial charge in [0.2, 0.25) is 0 Å². The fraction of sp³-hybridized carbons (Fsp3) is 0.300. The minimum Gasteiger partial charge on any atom is -0.477 e. The van der Waals surface area contributed by atoms with E-state index in [1.54, 1.807) is 18.0 Å². The number of fused-ring (bicyclic) bond motifs is 1. The number of hydrogen-bond donors (Lipinski definition) is 1. The molecule has 1 N–H and O–H groups in total. The Morgan fingerprint density at radius 1 is 1.07 bits per heavy atom. The summed E-state index contributed by atoms with van der Waals surface area (Å²) in [7, 11) is 1.57. The van der Waals surface area contributed by atoms with Crippen LogP contribution in [-0.2, 0) is 4.79 Å². The van der Waals surface area contributed by atoms with Crippen LogP contribution in [0.3, 0.4) is 0 Å². The Morgan fingerprint density at radius 3 is 2.48 bits per heavy atom. The number of carbonyl (C=O) groups is 2. The summed E-state index contributed by atoms with van der Waals surface area (Å²) in [6, 6.07) is 15.1. The minimum absolute atomic E-state index is 0.127. The topological polar surface area (TPSA) is 58.6 Å². The van der Waals surface area contributed by atoms with Crippen LogP contribution in [0, 0.1) is 0 Å². The first kappa shape index (κ1) is 18.3. The standard InChI is InChI=1S/C20H20N2O3S2/c1-21-18(23)17-12-22(15-4-2-3-5-16(15)25-17)19(24)13-6-8-14(9-7-13)20-26-10-11-27-20/h2-9,17,20H,10-12H2,1H3,(H,21,23)/t17-/m0/s1. The molecule has 0 bridgehead atoms. The number of amides is 2. The van der Waals surface area contributed by atoms with Gasteiger partial charge in [-0.05, 0) is 29.8 Å². The van der Waals surface area contributed by atoms with E-state index in [2.05, 4.69) is 5.32 Å². The smallest absolute Gasteiger partial charge is 0.262 e. The predicted molar refractivity (Wildman–Crippen MR) is 111 cm³/mol. The maximum Gasteiger partial charge on any atom is 0.262 e. The van der Waals surface area contributed by atoms with Crippen molar-refractivity contribution in [1.82, 2.24) is 5.32 Å². The molecule has 0 radical (unpaired) electrons. The highest BCUT2D eigenvalue weighted by atomic mass is 32.2. The average Bonchev–Trinajstić information content (AvgIpc) is 3.27. The molecule has 27 heavy (non-hydrogen) atoms. The Kier molecular flexibility index (Phi) is 5.31. The highest BCUT2D eigenvalue weighted by molar-refractivity contribution is 8.19. The number of anilines is 1. The molecule has 0 aliphatic carbocycles. The second kappa shape index (κ2) is 7.86. The highest BCUT2D eigenvalue weighted by Crippen LogP contribution is 2.45.